The Kier molecular flexibility index (Phi) is 6.49. The van der Waals surface area contributed by atoms with Crippen LogP contribution in [0.1, 0.15) is 0 Å². The Balaban J connectivity index is 1.67. The highest BCUT2D eigenvalue weighted by Gasteiger charge is 2.29. The fourth-order valence-corrected chi connectivity index (χ4v) is 6.19. The van der Waals surface area contributed by atoms with E-state index in [9.17, 15) is 18.0 Å². The zero-order valence-corrected chi connectivity index (χ0v) is 20.3. The molecule has 33 heavy (non-hydrogen) atoms. The second kappa shape index (κ2) is 9.18. The minimum Gasteiger partial charge on any atom is -0.324 e. The van der Waals surface area contributed by atoms with E-state index >= 15 is 0 Å². The maximum Gasteiger partial charge on any atom is 0.307 e. The first-order chi connectivity index (χ1) is 15.7. The van der Waals surface area contributed by atoms with E-state index in [1.54, 1.807) is 43.4 Å². The van der Waals surface area contributed by atoms with Gasteiger partial charge in [-0.25, -0.2) is 8.42 Å². The number of aryl methyl sites for hydroxylation is 1. The van der Waals surface area contributed by atoms with E-state index in [0.717, 1.165) is 21.2 Å². The molecule has 0 aliphatic rings. The number of anilines is 2. The molecule has 7 nitrogen and oxygen atoms in total. The van der Waals surface area contributed by atoms with Crippen molar-refractivity contribution in [2.24, 2.45) is 7.05 Å². The van der Waals surface area contributed by atoms with Crippen molar-refractivity contribution in [2.45, 2.75) is 4.90 Å². The molecule has 0 saturated carbocycles. The van der Waals surface area contributed by atoms with Crippen LogP contribution in [0.25, 0.3) is 10.2 Å². The predicted octanol–water partition coefficient (Wildman–Crippen LogP) is 4.74. The Hall–Kier alpha value is -2.85. The monoisotopic (exact) mass is 521 g/mol. The molecular weight excluding hydrogens is 505 g/mol. The van der Waals surface area contributed by atoms with Crippen molar-refractivity contribution in [2.75, 3.05) is 16.2 Å². The molecule has 0 radical (unpaired) electrons. The molecule has 4 rings (SSSR count). The number of carbonyl (C=O) groups excluding carboxylic acids is 1. The lowest BCUT2D eigenvalue weighted by Gasteiger charge is -2.25. The topological polar surface area (TPSA) is 88.5 Å². The number of benzene rings is 3. The molecule has 4 aromatic rings. The molecule has 0 aliphatic carbocycles. The van der Waals surface area contributed by atoms with Crippen molar-refractivity contribution in [3.63, 3.8) is 0 Å². The summed E-state index contributed by atoms with van der Waals surface area (Å²) in [6.45, 7) is -0.526. The minimum atomic E-state index is -4.11. The van der Waals surface area contributed by atoms with Crippen LogP contribution in [0.2, 0.25) is 10.0 Å². The van der Waals surface area contributed by atoms with Crippen LogP contribution >= 0.6 is 34.5 Å². The summed E-state index contributed by atoms with van der Waals surface area (Å²) < 4.78 is 29.9. The van der Waals surface area contributed by atoms with E-state index in [4.69, 9.17) is 23.2 Å². The molecule has 0 atom stereocenters. The maximum atomic E-state index is 13.4. The number of carbonyl (C=O) groups is 1. The van der Waals surface area contributed by atoms with Gasteiger partial charge in [-0.3, -0.25) is 13.9 Å². The molecule has 1 aromatic heterocycles. The normalized spacial score (nSPS) is 11.5. The summed E-state index contributed by atoms with van der Waals surface area (Å²) in [6, 6.07) is 17.2. The number of sulfonamides is 1. The highest BCUT2D eigenvalue weighted by molar-refractivity contribution is 7.92. The van der Waals surface area contributed by atoms with E-state index < -0.39 is 22.5 Å². The lowest BCUT2D eigenvalue weighted by molar-refractivity contribution is -0.114. The Bertz CT molecular complexity index is 1520. The van der Waals surface area contributed by atoms with Crippen LogP contribution < -0.4 is 14.5 Å². The fraction of sp³-hybridized carbons (Fsp3) is 0.0909. The molecule has 11 heteroatoms. The second-order valence-electron chi connectivity index (χ2n) is 7.08. The smallest absolute Gasteiger partial charge is 0.307 e. The van der Waals surface area contributed by atoms with Gasteiger partial charge in [-0.1, -0.05) is 52.7 Å². The van der Waals surface area contributed by atoms with Crippen LogP contribution in [-0.4, -0.2) is 25.4 Å². The number of hydrogen-bond donors (Lipinski definition) is 1. The number of thiazole rings is 1. The van der Waals surface area contributed by atoms with Gasteiger partial charge in [-0.2, -0.15) is 0 Å². The first-order valence-electron chi connectivity index (χ1n) is 9.59. The third-order valence-electron chi connectivity index (χ3n) is 4.87. The van der Waals surface area contributed by atoms with Gasteiger partial charge in [0.05, 0.1) is 25.8 Å². The number of nitrogens with zero attached hydrogens (tertiary/aromatic N) is 2. The number of nitrogens with one attached hydrogen (secondary N) is 1. The van der Waals surface area contributed by atoms with Crippen molar-refractivity contribution in [1.82, 2.24) is 4.57 Å². The number of amides is 1. The Morgan fingerprint density at radius 3 is 2.48 bits per heavy atom. The summed E-state index contributed by atoms with van der Waals surface area (Å²) >= 11 is 13.3. The van der Waals surface area contributed by atoms with Gasteiger partial charge in [0.2, 0.25) is 5.91 Å². The maximum absolute atomic E-state index is 13.4. The standard InChI is InChI=1S/C22H17Cl2N3O4S2/c1-26-19-10-8-15(12-20(19)32-22(26)29)25-21(28)13-27(18-9-7-14(23)11-17(18)24)33(30,31)16-5-3-2-4-6-16/h2-12H,13H2,1H3,(H,25,28). The molecule has 0 spiro atoms. The van der Waals surface area contributed by atoms with Gasteiger partial charge in [-0.05, 0) is 48.5 Å². The first-order valence-corrected chi connectivity index (χ1v) is 12.6. The molecule has 0 fully saturated rings. The highest BCUT2D eigenvalue weighted by Crippen LogP contribution is 2.32. The molecule has 0 aliphatic heterocycles. The molecule has 0 unspecified atom stereocenters. The fourth-order valence-electron chi connectivity index (χ4n) is 3.25. The zero-order chi connectivity index (χ0) is 23.8. The quantitative estimate of drug-likeness (QED) is 0.396. The van der Waals surface area contributed by atoms with Crippen molar-refractivity contribution < 1.29 is 13.2 Å². The largest absolute Gasteiger partial charge is 0.324 e. The van der Waals surface area contributed by atoms with E-state index in [-0.39, 0.29) is 20.5 Å². The van der Waals surface area contributed by atoms with Crippen LogP contribution in [0.5, 0.6) is 0 Å². The summed E-state index contributed by atoms with van der Waals surface area (Å²) in [6.07, 6.45) is 0. The van der Waals surface area contributed by atoms with Crippen LogP contribution in [0, 0.1) is 0 Å². The molecule has 0 saturated heterocycles. The second-order valence-corrected chi connectivity index (χ2v) is 10.8. The third-order valence-corrected chi connectivity index (χ3v) is 8.18. The van der Waals surface area contributed by atoms with E-state index in [2.05, 4.69) is 5.32 Å². The van der Waals surface area contributed by atoms with Crippen LogP contribution in [-0.2, 0) is 21.9 Å². The summed E-state index contributed by atoms with van der Waals surface area (Å²) in [7, 11) is -2.44. The molecule has 1 amide bonds. The lowest BCUT2D eigenvalue weighted by Crippen LogP contribution is -2.38. The SMILES string of the molecule is Cn1c(=O)sc2cc(NC(=O)CN(c3ccc(Cl)cc3Cl)S(=O)(=O)c3ccccc3)ccc21. The molecule has 3 aromatic carbocycles. The third kappa shape index (κ3) is 4.77. The molecule has 0 bridgehead atoms. The molecule has 170 valence electrons. The first kappa shape index (κ1) is 23.3. The average Bonchev–Trinajstić information content (AvgIpc) is 3.06. The van der Waals surface area contributed by atoms with Gasteiger partial charge < -0.3 is 9.88 Å². The molecule has 1 heterocycles. The van der Waals surface area contributed by atoms with Crippen LogP contribution in [0.4, 0.5) is 11.4 Å². The minimum absolute atomic E-state index is 0.0132. The lowest BCUT2D eigenvalue weighted by atomic mass is 10.3. The Morgan fingerprint density at radius 1 is 1.06 bits per heavy atom. The number of aromatic nitrogens is 1. The summed E-state index contributed by atoms with van der Waals surface area (Å²) in [5.41, 5.74) is 1.30. The van der Waals surface area contributed by atoms with E-state index in [1.165, 1.54) is 34.9 Å². The van der Waals surface area contributed by atoms with E-state index in [1.807, 2.05) is 0 Å². The highest BCUT2D eigenvalue weighted by atomic mass is 35.5. The number of hydrogen-bond acceptors (Lipinski definition) is 5. The van der Waals surface area contributed by atoms with Gasteiger partial charge in [-0.15, -0.1) is 0 Å². The number of fused-ring (bicyclic) bond motifs is 1. The molecular formula is C22H17Cl2N3O4S2. The Morgan fingerprint density at radius 2 is 1.79 bits per heavy atom. The van der Waals surface area contributed by atoms with Gasteiger partial charge >= 0.3 is 4.87 Å². The Labute approximate surface area is 203 Å². The van der Waals surface area contributed by atoms with Crippen molar-refractivity contribution >= 4 is 72.1 Å². The van der Waals surface area contributed by atoms with Gasteiger partial charge in [0.25, 0.3) is 10.0 Å². The summed E-state index contributed by atoms with van der Waals surface area (Å²) in [4.78, 5) is 24.7. The molecule has 1 N–H and O–H groups in total. The number of halogens is 2. The van der Waals surface area contributed by atoms with Crippen LogP contribution in [0.15, 0.2) is 76.4 Å². The van der Waals surface area contributed by atoms with Crippen LogP contribution in [0.3, 0.4) is 0 Å². The van der Waals surface area contributed by atoms with Crippen molar-refractivity contribution in [1.29, 1.82) is 0 Å². The summed E-state index contributed by atoms with van der Waals surface area (Å²) in [5.74, 6) is -0.580. The number of rotatable bonds is 6. The van der Waals surface area contributed by atoms with E-state index in [0.29, 0.717) is 15.4 Å². The summed E-state index contributed by atoms with van der Waals surface area (Å²) in [5, 5.41) is 3.12. The van der Waals surface area contributed by atoms with Crippen molar-refractivity contribution in [3.8, 4) is 0 Å². The average molecular weight is 522 g/mol. The van der Waals surface area contributed by atoms with Gasteiger partial charge in [0, 0.05) is 17.8 Å². The van der Waals surface area contributed by atoms with Crippen molar-refractivity contribution in [3.05, 3.63) is 86.4 Å². The zero-order valence-electron chi connectivity index (χ0n) is 17.2. The van der Waals surface area contributed by atoms with Gasteiger partial charge in [0.15, 0.2) is 0 Å². The van der Waals surface area contributed by atoms with Gasteiger partial charge in [0.1, 0.15) is 6.54 Å². The predicted molar refractivity (Wildman–Crippen MR) is 133 cm³/mol.